The molecule has 0 N–H and O–H groups in total. The summed E-state index contributed by atoms with van der Waals surface area (Å²) in [6.45, 7) is 0.758. The smallest absolute Gasteiger partial charge is 0.339 e. The quantitative estimate of drug-likeness (QED) is 0.655. The predicted molar refractivity (Wildman–Crippen MR) is 79.3 cm³/mol. The van der Waals surface area contributed by atoms with Crippen molar-refractivity contribution in [2.75, 3.05) is 11.9 Å². The van der Waals surface area contributed by atoms with Crippen LogP contribution in [-0.2, 0) is 4.79 Å². The maximum atomic E-state index is 12.7. The lowest BCUT2D eigenvalue weighted by molar-refractivity contribution is -0.185. The normalized spacial score (nSPS) is 31.8. The first-order valence-corrected chi connectivity index (χ1v) is 8.98. The fraction of sp³-hybridized carbons (Fsp3) is 0.933. The van der Waals surface area contributed by atoms with E-state index < -0.39 is 12.1 Å². The molecule has 1 heterocycles. The topological polar surface area (TPSA) is 20.3 Å². The highest BCUT2D eigenvalue weighted by Crippen LogP contribution is 2.40. The molecule has 122 valence electrons. The molecule has 1 unspecified atom stereocenters. The fourth-order valence-corrected chi connectivity index (χ4v) is 4.20. The van der Waals surface area contributed by atoms with Gasteiger partial charge >= 0.3 is 6.18 Å². The minimum atomic E-state index is -4.10. The second-order valence-electron chi connectivity index (χ2n) is 6.28. The van der Waals surface area contributed by atoms with Gasteiger partial charge in [0.2, 0.25) is 5.91 Å². The number of amides is 1. The van der Waals surface area contributed by atoms with Gasteiger partial charge in [0.1, 0.15) is 0 Å². The van der Waals surface area contributed by atoms with Crippen molar-refractivity contribution in [2.45, 2.75) is 63.6 Å². The van der Waals surface area contributed by atoms with E-state index in [-0.39, 0.29) is 30.7 Å². The zero-order chi connectivity index (χ0) is 15.5. The molecule has 1 amide bonds. The molecule has 2 fully saturated rings. The summed E-state index contributed by atoms with van der Waals surface area (Å²) in [4.78, 5) is 14.6. The molecular weight excluding hydrogens is 347 g/mol. The van der Waals surface area contributed by atoms with Gasteiger partial charge in [-0.25, -0.2) is 0 Å². The second-order valence-corrected chi connectivity index (χ2v) is 6.93. The largest absolute Gasteiger partial charge is 0.391 e. The average molecular weight is 370 g/mol. The van der Waals surface area contributed by atoms with E-state index >= 15 is 0 Å². The number of hydrogen-bond donors (Lipinski definition) is 0. The molecule has 0 aromatic rings. The van der Waals surface area contributed by atoms with Crippen LogP contribution in [-0.4, -0.2) is 34.9 Å². The maximum Gasteiger partial charge on any atom is 0.391 e. The number of likely N-dealkylation sites (tertiary alicyclic amines) is 1. The van der Waals surface area contributed by atoms with Crippen LogP contribution in [0.15, 0.2) is 0 Å². The van der Waals surface area contributed by atoms with Crippen molar-refractivity contribution in [3.63, 3.8) is 0 Å². The molecule has 2 nitrogen and oxygen atoms in total. The number of nitrogens with zero attached hydrogens (tertiary/aromatic N) is 1. The number of carbonyl (C=O) groups excluding carboxylic acids is 1. The molecular formula is C15H23BrF3NO. The van der Waals surface area contributed by atoms with E-state index in [1.807, 2.05) is 4.90 Å². The Bertz CT molecular complexity index is 353. The maximum absolute atomic E-state index is 12.7. The molecule has 2 aliphatic rings. The molecule has 0 bridgehead atoms. The Morgan fingerprint density at radius 3 is 2.29 bits per heavy atom. The summed E-state index contributed by atoms with van der Waals surface area (Å²) in [5.41, 5.74) is 0. The minimum absolute atomic E-state index is 0.0852. The first-order valence-electron chi connectivity index (χ1n) is 7.86. The molecule has 0 aromatic carbocycles. The molecule has 1 saturated carbocycles. The molecule has 0 radical (unpaired) electrons. The number of rotatable bonds is 2. The Labute approximate surface area is 132 Å². The van der Waals surface area contributed by atoms with E-state index in [9.17, 15) is 18.0 Å². The van der Waals surface area contributed by atoms with Crippen molar-refractivity contribution in [1.82, 2.24) is 4.90 Å². The van der Waals surface area contributed by atoms with Gasteiger partial charge in [-0.15, -0.1) is 0 Å². The molecule has 21 heavy (non-hydrogen) atoms. The van der Waals surface area contributed by atoms with Crippen LogP contribution in [0, 0.1) is 11.8 Å². The highest BCUT2D eigenvalue weighted by molar-refractivity contribution is 9.09. The standard InChI is InChI=1S/C15H23BrF3NO/c16-10-13-4-2-1-3-9-20(13)14(21)11-5-7-12(8-6-11)15(17,18)19/h11-13H,1-10H2. The summed E-state index contributed by atoms with van der Waals surface area (Å²) < 4.78 is 38.1. The van der Waals surface area contributed by atoms with Crippen molar-refractivity contribution in [3.8, 4) is 0 Å². The van der Waals surface area contributed by atoms with Crippen LogP contribution in [0.1, 0.15) is 51.4 Å². The van der Waals surface area contributed by atoms with Gasteiger partial charge < -0.3 is 4.90 Å². The van der Waals surface area contributed by atoms with Crippen molar-refractivity contribution >= 4 is 21.8 Å². The van der Waals surface area contributed by atoms with Crippen molar-refractivity contribution in [3.05, 3.63) is 0 Å². The Kier molecular flexibility index (Phi) is 5.97. The van der Waals surface area contributed by atoms with Gasteiger partial charge in [-0.2, -0.15) is 13.2 Å². The number of alkyl halides is 4. The summed E-state index contributed by atoms with van der Waals surface area (Å²) in [7, 11) is 0. The van der Waals surface area contributed by atoms with Gasteiger partial charge in [0, 0.05) is 23.8 Å². The van der Waals surface area contributed by atoms with Crippen molar-refractivity contribution in [2.24, 2.45) is 11.8 Å². The summed E-state index contributed by atoms with van der Waals surface area (Å²) in [5, 5.41) is 0.761. The van der Waals surface area contributed by atoms with Crippen LogP contribution < -0.4 is 0 Å². The first kappa shape index (κ1) is 17.1. The van der Waals surface area contributed by atoms with Crippen LogP contribution in [0.2, 0.25) is 0 Å². The first-order chi connectivity index (χ1) is 9.93. The van der Waals surface area contributed by atoms with Gasteiger partial charge in [0.05, 0.1) is 5.92 Å². The Hall–Kier alpha value is -0.260. The van der Waals surface area contributed by atoms with Gasteiger partial charge in [-0.1, -0.05) is 28.8 Å². The van der Waals surface area contributed by atoms with Gasteiger partial charge in [-0.05, 0) is 38.5 Å². The molecule has 6 heteroatoms. The summed E-state index contributed by atoms with van der Waals surface area (Å²) >= 11 is 3.47. The van der Waals surface area contributed by atoms with E-state index in [0.29, 0.717) is 12.8 Å². The molecule has 1 saturated heterocycles. The lowest BCUT2D eigenvalue weighted by Crippen LogP contribution is -2.45. The predicted octanol–water partition coefficient (Wildman–Crippen LogP) is 4.52. The Morgan fingerprint density at radius 2 is 1.71 bits per heavy atom. The third-order valence-electron chi connectivity index (χ3n) is 4.88. The summed E-state index contributed by atoms with van der Waals surface area (Å²) in [6.07, 6.45) is 1.13. The van der Waals surface area contributed by atoms with E-state index in [1.165, 1.54) is 0 Å². The third-order valence-corrected chi connectivity index (χ3v) is 5.63. The van der Waals surface area contributed by atoms with Gasteiger partial charge in [0.15, 0.2) is 0 Å². The zero-order valence-electron chi connectivity index (χ0n) is 12.2. The minimum Gasteiger partial charge on any atom is -0.339 e. The lowest BCUT2D eigenvalue weighted by Gasteiger charge is -2.35. The van der Waals surface area contributed by atoms with Gasteiger partial charge in [-0.3, -0.25) is 4.79 Å². The monoisotopic (exact) mass is 369 g/mol. The van der Waals surface area contributed by atoms with E-state index in [2.05, 4.69) is 15.9 Å². The molecule has 0 spiro atoms. The van der Waals surface area contributed by atoms with Crippen LogP contribution in [0.5, 0.6) is 0 Å². The highest BCUT2D eigenvalue weighted by atomic mass is 79.9. The third kappa shape index (κ3) is 4.36. The summed E-state index contributed by atoms with van der Waals surface area (Å²) in [5.74, 6) is -1.33. The molecule has 0 aromatic heterocycles. The van der Waals surface area contributed by atoms with E-state index in [4.69, 9.17) is 0 Å². The lowest BCUT2D eigenvalue weighted by atomic mass is 9.81. The van der Waals surface area contributed by atoms with Gasteiger partial charge in [0.25, 0.3) is 0 Å². The second kappa shape index (κ2) is 7.34. The molecule has 1 aliphatic carbocycles. The Balaban J connectivity index is 1.94. The van der Waals surface area contributed by atoms with Crippen molar-refractivity contribution < 1.29 is 18.0 Å². The van der Waals surface area contributed by atoms with Crippen LogP contribution in [0.25, 0.3) is 0 Å². The fourth-order valence-electron chi connectivity index (χ4n) is 3.53. The Morgan fingerprint density at radius 1 is 1.05 bits per heavy atom. The molecule has 1 aliphatic heterocycles. The number of halogens is 4. The van der Waals surface area contributed by atoms with E-state index in [1.54, 1.807) is 0 Å². The SMILES string of the molecule is O=C(C1CCC(C(F)(F)F)CC1)N1CCCCCC1CBr. The summed E-state index contributed by atoms with van der Waals surface area (Å²) in [6, 6.07) is 0.209. The number of carbonyl (C=O) groups is 1. The highest BCUT2D eigenvalue weighted by Gasteiger charge is 2.43. The van der Waals surface area contributed by atoms with E-state index in [0.717, 1.165) is 37.6 Å². The van der Waals surface area contributed by atoms with Crippen LogP contribution >= 0.6 is 15.9 Å². The average Bonchev–Trinajstić information content (AvgIpc) is 2.70. The number of hydrogen-bond acceptors (Lipinski definition) is 1. The van der Waals surface area contributed by atoms with Crippen molar-refractivity contribution in [1.29, 1.82) is 0 Å². The molecule has 2 rings (SSSR count). The van der Waals surface area contributed by atoms with Crippen LogP contribution in [0.4, 0.5) is 13.2 Å². The zero-order valence-corrected chi connectivity index (χ0v) is 13.8. The van der Waals surface area contributed by atoms with Crippen LogP contribution in [0.3, 0.4) is 0 Å². The molecule has 1 atom stereocenters.